The number of hydrogen-bond donors (Lipinski definition) is 1. The number of methoxy groups -OCH3 is 3. The molecule has 1 aromatic heterocycles. The molecule has 0 saturated carbocycles. The molecule has 3 rings (SSSR count). The number of fused-ring (bicyclic) bond motifs is 1. The standard InChI is InChI=1S/C18H21N3O3/c1-22-13-6-4-5-12(9-13)21-15-11-17(24-3)16(23-2)10-14(15)20-18(21)7-8-19/h4-6,9-11H,7-8,19H2,1-3H3. The second-order valence-corrected chi connectivity index (χ2v) is 5.30. The second-order valence-electron chi connectivity index (χ2n) is 5.30. The van der Waals surface area contributed by atoms with Crippen LogP contribution in [0.15, 0.2) is 36.4 Å². The van der Waals surface area contributed by atoms with Crippen LogP contribution < -0.4 is 19.9 Å². The van der Waals surface area contributed by atoms with Crippen LogP contribution in [-0.2, 0) is 6.42 Å². The molecule has 0 aliphatic rings. The van der Waals surface area contributed by atoms with Crippen LogP contribution in [0.5, 0.6) is 17.2 Å². The van der Waals surface area contributed by atoms with E-state index in [2.05, 4.69) is 4.57 Å². The Bertz CT molecular complexity index is 858. The van der Waals surface area contributed by atoms with E-state index in [1.54, 1.807) is 21.3 Å². The molecule has 2 aromatic carbocycles. The Balaban J connectivity index is 2.28. The van der Waals surface area contributed by atoms with Gasteiger partial charge in [-0.2, -0.15) is 0 Å². The molecule has 3 aromatic rings. The molecular formula is C18H21N3O3. The number of nitrogens with two attached hydrogens (primary N) is 1. The predicted octanol–water partition coefficient (Wildman–Crippen LogP) is 2.55. The molecule has 0 fully saturated rings. The van der Waals surface area contributed by atoms with Gasteiger partial charge in [-0.1, -0.05) is 6.07 Å². The average molecular weight is 327 g/mol. The minimum absolute atomic E-state index is 0.515. The topological polar surface area (TPSA) is 71.5 Å². The summed E-state index contributed by atoms with van der Waals surface area (Å²) in [5.74, 6) is 2.98. The van der Waals surface area contributed by atoms with Crippen LogP contribution in [0.3, 0.4) is 0 Å². The third kappa shape index (κ3) is 2.76. The maximum absolute atomic E-state index is 5.77. The maximum atomic E-state index is 5.77. The van der Waals surface area contributed by atoms with Crippen LogP contribution in [0.1, 0.15) is 5.82 Å². The van der Waals surface area contributed by atoms with Crippen molar-refractivity contribution in [1.29, 1.82) is 0 Å². The van der Waals surface area contributed by atoms with E-state index >= 15 is 0 Å². The smallest absolute Gasteiger partial charge is 0.163 e. The van der Waals surface area contributed by atoms with Crippen LogP contribution >= 0.6 is 0 Å². The number of ether oxygens (including phenoxy) is 3. The highest BCUT2D eigenvalue weighted by molar-refractivity contribution is 5.82. The third-order valence-electron chi connectivity index (χ3n) is 3.91. The van der Waals surface area contributed by atoms with Gasteiger partial charge in [0.1, 0.15) is 11.6 Å². The molecule has 0 atom stereocenters. The summed E-state index contributed by atoms with van der Waals surface area (Å²) in [6.07, 6.45) is 0.663. The second kappa shape index (κ2) is 6.80. The fourth-order valence-electron chi connectivity index (χ4n) is 2.79. The molecule has 6 nitrogen and oxygen atoms in total. The number of rotatable bonds is 6. The lowest BCUT2D eigenvalue weighted by Gasteiger charge is -2.12. The summed E-state index contributed by atoms with van der Waals surface area (Å²) < 4.78 is 18.2. The highest BCUT2D eigenvalue weighted by Crippen LogP contribution is 2.34. The number of benzene rings is 2. The number of aromatic nitrogens is 2. The Morgan fingerprint density at radius 3 is 2.42 bits per heavy atom. The van der Waals surface area contributed by atoms with Gasteiger partial charge in [-0.15, -0.1) is 0 Å². The van der Waals surface area contributed by atoms with Crippen LogP contribution in [0.4, 0.5) is 0 Å². The lowest BCUT2D eigenvalue weighted by atomic mass is 10.2. The van der Waals surface area contributed by atoms with Crippen LogP contribution in [-0.4, -0.2) is 37.4 Å². The zero-order chi connectivity index (χ0) is 17.1. The Hall–Kier alpha value is -2.73. The summed E-state index contributed by atoms with van der Waals surface area (Å²) in [7, 11) is 4.89. The Morgan fingerprint density at radius 1 is 1.00 bits per heavy atom. The maximum Gasteiger partial charge on any atom is 0.163 e. The number of imidazole rings is 1. The highest BCUT2D eigenvalue weighted by atomic mass is 16.5. The minimum atomic E-state index is 0.515. The average Bonchev–Trinajstić information content (AvgIpc) is 2.97. The normalized spacial score (nSPS) is 10.8. The molecule has 0 saturated heterocycles. The van der Waals surface area contributed by atoms with Crippen molar-refractivity contribution in [2.24, 2.45) is 5.73 Å². The molecule has 126 valence electrons. The van der Waals surface area contributed by atoms with Crippen molar-refractivity contribution in [3.63, 3.8) is 0 Å². The van der Waals surface area contributed by atoms with Gasteiger partial charge in [0.25, 0.3) is 0 Å². The van der Waals surface area contributed by atoms with Crippen LogP contribution in [0.2, 0.25) is 0 Å². The lowest BCUT2D eigenvalue weighted by Crippen LogP contribution is -2.09. The van der Waals surface area contributed by atoms with Crippen LogP contribution in [0.25, 0.3) is 16.7 Å². The fourth-order valence-corrected chi connectivity index (χ4v) is 2.79. The molecule has 1 heterocycles. The van der Waals surface area contributed by atoms with Gasteiger partial charge in [0.15, 0.2) is 11.5 Å². The Labute approximate surface area is 140 Å². The molecule has 24 heavy (non-hydrogen) atoms. The van der Waals surface area contributed by atoms with Gasteiger partial charge >= 0.3 is 0 Å². The third-order valence-corrected chi connectivity index (χ3v) is 3.91. The molecule has 2 N–H and O–H groups in total. The minimum Gasteiger partial charge on any atom is -0.497 e. The summed E-state index contributed by atoms with van der Waals surface area (Å²) in [6, 6.07) is 11.7. The van der Waals surface area contributed by atoms with E-state index in [-0.39, 0.29) is 0 Å². The molecule has 0 unspecified atom stereocenters. The zero-order valence-corrected chi connectivity index (χ0v) is 14.1. The first-order valence-electron chi connectivity index (χ1n) is 7.69. The first-order valence-corrected chi connectivity index (χ1v) is 7.69. The molecule has 0 bridgehead atoms. The van der Waals surface area contributed by atoms with E-state index < -0.39 is 0 Å². The van der Waals surface area contributed by atoms with Gasteiger partial charge in [-0.3, -0.25) is 4.57 Å². The van der Waals surface area contributed by atoms with E-state index in [0.29, 0.717) is 24.5 Å². The van der Waals surface area contributed by atoms with Gasteiger partial charge in [0, 0.05) is 24.6 Å². The quantitative estimate of drug-likeness (QED) is 0.753. The lowest BCUT2D eigenvalue weighted by molar-refractivity contribution is 0.355. The summed E-state index contributed by atoms with van der Waals surface area (Å²) in [4.78, 5) is 4.72. The van der Waals surface area contributed by atoms with E-state index in [1.807, 2.05) is 36.4 Å². The summed E-state index contributed by atoms with van der Waals surface area (Å²) in [6.45, 7) is 0.515. The van der Waals surface area contributed by atoms with Crippen molar-refractivity contribution < 1.29 is 14.2 Å². The zero-order valence-electron chi connectivity index (χ0n) is 14.1. The van der Waals surface area contributed by atoms with E-state index in [4.69, 9.17) is 24.9 Å². The Kier molecular flexibility index (Phi) is 4.57. The van der Waals surface area contributed by atoms with Gasteiger partial charge in [0.2, 0.25) is 0 Å². The molecule has 0 amide bonds. The molecule has 6 heteroatoms. The van der Waals surface area contributed by atoms with Crippen molar-refractivity contribution in [1.82, 2.24) is 9.55 Å². The van der Waals surface area contributed by atoms with Crippen molar-refractivity contribution in [2.45, 2.75) is 6.42 Å². The van der Waals surface area contributed by atoms with E-state index in [9.17, 15) is 0 Å². The molecule has 0 spiro atoms. The fraction of sp³-hybridized carbons (Fsp3) is 0.278. The molecule has 0 aliphatic carbocycles. The van der Waals surface area contributed by atoms with Gasteiger partial charge in [0.05, 0.1) is 38.1 Å². The monoisotopic (exact) mass is 327 g/mol. The molecule has 0 radical (unpaired) electrons. The van der Waals surface area contributed by atoms with E-state index in [1.165, 1.54) is 0 Å². The number of nitrogens with zero attached hydrogens (tertiary/aromatic N) is 2. The summed E-state index contributed by atoms with van der Waals surface area (Å²) in [5.41, 5.74) is 8.50. The van der Waals surface area contributed by atoms with Crippen molar-refractivity contribution in [2.75, 3.05) is 27.9 Å². The SMILES string of the molecule is COc1cccc(-n2c(CCN)nc3cc(OC)c(OC)cc32)c1. The van der Waals surface area contributed by atoms with Gasteiger partial charge in [-0.05, 0) is 18.7 Å². The predicted molar refractivity (Wildman–Crippen MR) is 93.5 cm³/mol. The summed E-state index contributed by atoms with van der Waals surface area (Å²) in [5, 5.41) is 0. The first-order chi connectivity index (χ1) is 11.7. The first kappa shape index (κ1) is 16.1. The van der Waals surface area contributed by atoms with Crippen LogP contribution in [0, 0.1) is 0 Å². The number of hydrogen-bond acceptors (Lipinski definition) is 5. The van der Waals surface area contributed by atoms with Crippen molar-refractivity contribution >= 4 is 11.0 Å². The molecule has 0 aliphatic heterocycles. The highest BCUT2D eigenvalue weighted by Gasteiger charge is 2.16. The van der Waals surface area contributed by atoms with E-state index in [0.717, 1.165) is 28.3 Å². The largest absolute Gasteiger partial charge is 0.497 e. The van der Waals surface area contributed by atoms with Crippen molar-refractivity contribution in [3.8, 4) is 22.9 Å². The summed E-state index contributed by atoms with van der Waals surface area (Å²) >= 11 is 0. The molecular weight excluding hydrogens is 306 g/mol. The Morgan fingerprint density at radius 2 is 1.75 bits per heavy atom. The van der Waals surface area contributed by atoms with Crippen molar-refractivity contribution in [3.05, 3.63) is 42.2 Å². The van der Waals surface area contributed by atoms with Gasteiger partial charge in [-0.25, -0.2) is 4.98 Å². The van der Waals surface area contributed by atoms with Gasteiger partial charge < -0.3 is 19.9 Å².